The molecule has 0 radical (unpaired) electrons. The van der Waals surface area contributed by atoms with Crippen LogP contribution in [0, 0.1) is 17.8 Å². The molecule has 1 unspecified atom stereocenters. The lowest BCUT2D eigenvalue weighted by molar-refractivity contribution is -0.184. The van der Waals surface area contributed by atoms with Crippen LogP contribution in [0.1, 0.15) is 51.4 Å². The molecule has 100 valence electrons. The zero-order chi connectivity index (χ0) is 12.5. The summed E-state index contributed by atoms with van der Waals surface area (Å²) in [5.41, 5.74) is 6.13. The molecule has 2 aliphatic carbocycles. The fourth-order valence-electron chi connectivity index (χ4n) is 3.18. The van der Waals surface area contributed by atoms with Crippen molar-refractivity contribution in [1.82, 2.24) is 0 Å². The molecule has 4 heteroatoms. The highest BCUT2D eigenvalue weighted by Gasteiger charge is 2.42. The van der Waals surface area contributed by atoms with Gasteiger partial charge in [-0.1, -0.05) is 19.3 Å². The predicted octanol–water partition coefficient (Wildman–Crippen LogP) is 3.87. The molecule has 0 amide bonds. The maximum atomic E-state index is 12.5. The third-order valence-electron chi connectivity index (χ3n) is 4.67. The molecule has 2 aliphatic rings. The molecule has 0 aromatic rings. The summed E-state index contributed by atoms with van der Waals surface area (Å²) in [6.45, 7) is 0. The molecule has 2 rings (SSSR count). The third kappa shape index (κ3) is 3.36. The van der Waals surface area contributed by atoms with Gasteiger partial charge in [0.2, 0.25) is 0 Å². The van der Waals surface area contributed by atoms with E-state index in [0.29, 0.717) is 18.8 Å². The molecule has 0 saturated heterocycles. The van der Waals surface area contributed by atoms with Crippen LogP contribution >= 0.6 is 0 Å². The summed E-state index contributed by atoms with van der Waals surface area (Å²) >= 11 is 0. The van der Waals surface area contributed by atoms with Crippen molar-refractivity contribution in [2.45, 2.75) is 63.6 Å². The van der Waals surface area contributed by atoms with Gasteiger partial charge in [-0.05, 0) is 43.9 Å². The van der Waals surface area contributed by atoms with Crippen LogP contribution in [0.3, 0.4) is 0 Å². The fourth-order valence-corrected chi connectivity index (χ4v) is 3.18. The Labute approximate surface area is 101 Å². The van der Waals surface area contributed by atoms with Crippen LogP contribution in [0.5, 0.6) is 0 Å². The first kappa shape index (κ1) is 13.2. The molecule has 0 aliphatic heterocycles. The van der Waals surface area contributed by atoms with Crippen LogP contribution in [0.15, 0.2) is 0 Å². The number of halogens is 3. The molecular formula is C13H22F3N. The van der Waals surface area contributed by atoms with Crippen LogP contribution in [-0.4, -0.2) is 12.2 Å². The van der Waals surface area contributed by atoms with E-state index in [1.807, 2.05) is 0 Å². The van der Waals surface area contributed by atoms with Crippen molar-refractivity contribution in [3.8, 4) is 0 Å². The van der Waals surface area contributed by atoms with E-state index < -0.39 is 12.1 Å². The topological polar surface area (TPSA) is 26.0 Å². The Morgan fingerprint density at radius 3 is 2.00 bits per heavy atom. The maximum absolute atomic E-state index is 12.5. The minimum atomic E-state index is -4.00. The minimum absolute atomic E-state index is 0.134. The summed E-state index contributed by atoms with van der Waals surface area (Å²) in [5.74, 6) is 0.00851. The molecule has 1 atom stereocenters. The van der Waals surface area contributed by atoms with Gasteiger partial charge in [0, 0.05) is 6.04 Å². The van der Waals surface area contributed by atoms with Gasteiger partial charge in [-0.15, -0.1) is 0 Å². The zero-order valence-electron chi connectivity index (χ0n) is 10.2. The van der Waals surface area contributed by atoms with Crippen molar-refractivity contribution in [2.75, 3.05) is 0 Å². The number of rotatable bonds is 3. The number of nitrogens with two attached hydrogens (primary N) is 1. The quantitative estimate of drug-likeness (QED) is 0.807. The Morgan fingerprint density at radius 2 is 1.59 bits per heavy atom. The van der Waals surface area contributed by atoms with Crippen molar-refractivity contribution < 1.29 is 13.2 Å². The molecule has 0 heterocycles. The average Bonchev–Trinajstić information content (AvgIpc) is 2.22. The summed E-state index contributed by atoms with van der Waals surface area (Å²) < 4.78 is 37.5. The van der Waals surface area contributed by atoms with Crippen LogP contribution in [0.25, 0.3) is 0 Å². The lowest BCUT2D eigenvalue weighted by Crippen LogP contribution is -2.38. The molecule has 2 saturated carbocycles. The highest BCUT2D eigenvalue weighted by molar-refractivity contribution is 4.85. The van der Waals surface area contributed by atoms with Gasteiger partial charge in [0.15, 0.2) is 0 Å². The van der Waals surface area contributed by atoms with Crippen LogP contribution in [0.2, 0.25) is 0 Å². The minimum Gasteiger partial charge on any atom is -0.327 e. The van der Waals surface area contributed by atoms with Crippen molar-refractivity contribution in [1.29, 1.82) is 0 Å². The molecule has 0 aromatic heterocycles. The summed E-state index contributed by atoms with van der Waals surface area (Å²) in [6, 6.07) is 0.134. The second kappa shape index (κ2) is 5.17. The van der Waals surface area contributed by atoms with Crippen LogP contribution in [-0.2, 0) is 0 Å². The Hall–Kier alpha value is -0.250. The number of alkyl halides is 3. The Balaban J connectivity index is 1.74. The lowest BCUT2D eigenvalue weighted by atomic mass is 9.73. The van der Waals surface area contributed by atoms with Gasteiger partial charge in [0.05, 0.1) is 5.92 Å². The van der Waals surface area contributed by atoms with E-state index in [1.54, 1.807) is 0 Å². The van der Waals surface area contributed by atoms with Crippen LogP contribution < -0.4 is 5.73 Å². The Kier molecular flexibility index (Phi) is 4.01. The largest absolute Gasteiger partial charge is 0.391 e. The van der Waals surface area contributed by atoms with E-state index in [9.17, 15) is 13.2 Å². The average molecular weight is 249 g/mol. The van der Waals surface area contributed by atoms with E-state index in [-0.39, 0.29) is 18.9 Å². The molecule has 2 fully saturated rings. The van der Waals surface area contributed by atoms with Gasteiger partial charge in [0.1, 0.15) is 0 Å². The van der Waals surface area contributed by atoms with Crippen LogP contribution in [0.4, 0.5) is 13.2 Å². The van der Waals surface area contributed by atoms with Gasteiger partial charge >= 0.3 is 6.18 Å². The van der Waals surface area contributed by atoms with Crippen molar-refractivity contribution in [3.05, 3.63) is 0 Å². The summed E-state index contributed by atoms with van der Waals surface area (Å²) in [7, 11) is 0. The Bertz CT molecular complexity index is 240. The van der Waals surface area contributed by atoms with E-state index in [4.69, 9.17) is 5.73 Å². The highest BCUT2D eigenvalue weighted by atomic mass is 19.4. The summed E-state index contributed by atoms with van der Waals surface area (Å²) in [4.78, 5) is 0. The highest BCUT2D eigenvalue weighted by Crippen LogP contribution is 2.41. The fraction of sp³-hybridized carbons (Fsp3) is 1.00. The lowest BCUT2D eigenvalue weighted by Gasteiger charge is -2.36. The first-order valence-electron chi connectivity index (χ1n) is 6.79. The van der Waals surface area contributed by atoms with Gasteiger partial charge < -0.3 is 5.73 Å². The van der Waals surface area contributed by atoms with Gasteiger partial charge in [-0.2, -0.15) is 13.2 Å². The maximum Gasteiger partial charge on any atom is 0.391 e. The molecule has 0 aromatic carbocycles. The van der Waals surface area contributed by atoms with Gasteiger partial charge in [-0.25, -0.2) is 0 Å². The molecule has 0 bridgehead atoms. The van der Waals surface area contributed by atoms with Crippen molar-refractivity contribution in [3.63, 3.8) is 0 Å². The normalized spacial score (nSPS) is 33.2. The first-order valence-corrected chi connectivity index (χ1v) is 6.79. The SMILES string of the molecule is NC(CC1CCC1)C1CCC(C(F)(F)F)CC1. The monoisotopic (exact) mass is 249 g/mol. The van der Waals surface area contributed by atoms with E-state index in [2.05, 4.69) is 0 Å². The van der Waals surface area contributed by atoms with Crippen molar-refractivity contribution in [2.24, 2.45) is 23.5 Å². The molecule has 17 heavy (non-hydrogen) atoms. The molecular weight excluding hydrogens is 227 g/mol. The van der Waals surface area contributed by atoms with E-state index in [0.717, 1.165) is 12.3 Å². The summed E-state index contributed by atoms with van der Waals surface area (Å²) in [6.07, 6.45) is 2.77. The van der Waals surface area contributed by atoms with Gasteiger partial charge in [-0.3, -0.25) is 0 Å². The number of hydrogen-bond acceptors (Lipinski definition) is 1. The Morgan fingerprint density at radius 1 is 1.00 bits per heavy atom. The first-order chi connectivity index (χ1) is 7.97. The molecule has 2 N–H and O–H groups in total. The predicted molar refractivity (Wildman–Crippen MR) is 61.4 cm³/mol. The van der Waals surface area contributed by atoms with Crippen molar-refractivity contribution >= 4 is 0 Å². The van der Waals surface area contributed by atoms with E-state index >= 15 is 0 Å². The summed E-state index contributed by atoms with van der Waals surface area (Å²) in [5, 5.41) is 0. The third-order valence-corrected chi connectivity index (χ3v) is 4.67. The number of hydrogen-bond donors (Lipinski definition) is 1. The smallest absolute Gasteiger partial charge is 0.327 e. The second-order valence-corrected chi connectivity index (χ2v) is 5.85. The van der Waals surface area contributed by atoms with E-state index in [1.165, 1.54) is 19.3 Å². The molecule has 1 nitrogen and oxygen atoms in total. The zero-order valence-corrected chi connectivity index (χ0v) is 10.2. The second-order valence-electron chi connectivity index (χ2n) is 5.85. The molecule has 0 spiro atoms. The van der Waals surface area contributed by atoms with Gasteiger partial charge in [0.25, 0.3) is 0 Å². The standard InChI is InChI=1S/C13H22F3N/c14-13(15,16)11-6-4-10(5-7-11)12(17)8-9-2-1-3-9/h9-12H,1-8,17H2.